The summed E-state index contributed by atoms with van der Waals surface area (Å²) in [6, 6.07) is 11.0. The second kappa shape index (κ2) is 6.32. The lowest BCUT2D eigenvalue weighted by atomic mass is 9.94. The predicted octanol–water partition coefficient (Wildman–Crippen LogP) is 2.88. The van der Waals surface area contributed by atoms with Crippen LogP contribution < -0.4 is 0 Å². The quantitative estimate of drug-likeness (QED) is 0.818. The molecule has 0 saturated heterocycles. The van der Waals surface area contributed by atoms with Crippen LogP contribution in [0.2, 0.25) is 0 Å². The Bertz CT molecular complexity index is 681. The molecule has 0 radical (unpaired) electrons. The van der Waals surface area contributed by atoms with Crippen molar-refractivity contribution in [3.05, 3.63) is 57.8 Å². The van der Waals surface area contributed by atoms with E-state index in [2.05, 4.69) is 0 Å². The molecule has 114 valence electrons. The number of nitrogens with zero attached hydrogens (tertiary/aromatic N) is 1. The van der Waals surface area contributed by atoms with Crippen LogP contribution in [0.3, 0.4) is 0 Å². The van der Waals surface area contributed by atoms with E-state index in [0.717, 1.165) is 11.1 Å². The Hall–Kier alpha value is -2.14. The second-order valence-corrected chi connectivity index (χ2v) is 6.10. The van der Waals surface area contributed by atoms with Crippen molar-refractivity contribution in [3.8, 4) is 0 Å². The van der Waals surface area contributed by atoms with E-state index in [0.29, 0.717) is 24.4 Å². The zero-order chi connectivity index (χ0) is 15.5. The van der Waals surface area contributed by atoms with Crippen LogP contribution in [0.1, 0.15) is 27.7 Å². The summed E-state index contributed by atoms with van der Waals surface area (Å²) in [6.07, 6.45) is 0.506. The summed E-state index contributed by atoms with van der Waals surface area (Å²) in [4.78, 5) is 27.3. The fraction of sp³-hybridized carbons (Fsp3) is 0.294. The van der Waals surface area contributed by atoms with E-state index in [1.165, 1.54) is 11.3 Å². The normalized spacial score (nSPS) is 17.0. The molecule has 2 heterocycles. The molecule has 0 spiro atoms. The summed E-state index contributed by atoms with van der Waals surface area (Å²) in [5.41, 5.74) is 2.20. The number of hydrogen-bond donors (Lipinski definition) is 0. The summed E-state index contributed by atoms with van der Waals surface area (Å²) < 4.78 is 5.16. The van der Waals surface area contributed by atoms with E-state index in [9.17, 15) is 9.59 Å². The lowest BCUT2D eigenvalue weighted by Crippen LogP contribution is -2.49. The maximum absolute atomic E-state index is 12.7. The molecule has 2 aromatic rings. The summed E-state index contributed by atoms with van der Waals surface area (Å²) in [7, 11) is 0. The van der Waals surface area contributed by atoms with E-state index < -0.39 is 6.04 Å². The first-order chi connectivity index (χ1) is 10.7. The minimum atomic E-state index is -0.551. The standard InChI is InChI=1S/C17H17NO3S/c1-2-21-17(20)14-10-12-6-3-4-7-13(12)11-18(14)16(19)15-8-5-9-22-15/h3-9,14H,2,10-11H2,1H3. The first-order valence-electron chi connectivity index (χ1n) is 7.28. The Morgan fingerprint density at radius 3 is 2.68 bits per heavy atom. The number of esters is 1. The molecule has 3 rings (SSSR count). The van der Waals surface area contributed by atoms with Crippen LogP contribution in [0, 0.1) is 0 Å². The summed E-state index contributed by atoms with van der Waals surface area (Å²) >= 11 is 1.39. The number of rotatable bonds is 3. The predicted molar refractivity (Wildman–Crippen MR) is 84.8 cm³/mol. The monoisotopic (exact) mass is 315 g/mol. The largest absolute Gasteiger partial charge is 0.464 e. The van der Waals surface area contributed by atoms with Gasteiger partial charge in [0.1, 0.15) is 6.04 Å². The van der Waals surface area contributed by atoms with Gasteiger partial charge in [-0.15, -0.1) is 11.3 Å². The van der Waals surface area contributed by atoms with Crippen molar-refractivity contribution in [1.29, 1.82) is 0 Å². The van der Waals surface area contributed by atoms with Gasteiger partial charge in [0, 0.05) is 13.0 Å². The Labute approximate surface area is 133 Å². The number of amides is 1. The Balaban J connectivity index is 1.94. The molecule has 4 nitrogen and oxygen atoms in total. The van der Waals surface area contributed by atoms with Crippen LogP contribution in [-0.4, -0.2) is 29.4 Å². The molecule has 0 saturated carbocycles. The molecule has 0 bridgehead atoms. The van der Waals surface area contributed by atoms with Gasteiger partial charge in [0.2, 0.25) is 0 Å². The lowest BCUT2D eigenvalue weighted by molar-refractivity contribution is -0.149. The molecular weight excluding hydrogens is 298 g/mol. The molecule has 1 unspecified atom stereocenters. The molecule has 0 aliphatic carbocycles. The van der Waals surface area contributed by atoms with Gasteiger partial charge in [-0.2, -0.15) is 0 Å². The van der Waals surface area contributed by atoms with E-state index in [1.54, 1.807) is 17.9 Å². The lowest BCUT2D eigenvalue weighted by Gasteiger charge is -2.35. The number of fused-ring (bicyclic) bond motifs is 1. The van der Waals surface area contributed by atoms with Crippen LogP contribution in [-0.2, 0) is 22.5 Å². The Kier molecular flexibility index (Phi) is 4.24. The van der Waals surface area contributed by atoms with Crippen molar-refractivity contribution in [2.24, 2.45) is 0 Å². The van der Waals surface area contributed by atoms with Crippen LogP contribution in [0.5, 0.6) is 0 Å². The highest BCUT2D eigenvalue weighted by atomic mass is 32.1. The Morgan fingerprint density at radius 1 is 1.23 bits per heavy atom. The van der Waals surface area contributed by atoms with Gasteiger partial charge in [-0.25, -0.2) is 4.79 Å². The number of carbonyl (C=O) groups excluding carboxylic acids is 2. The van der Waals surface area contributed by atoms with Gasteiger partial charge in [-0.1, -0.05) is 30.3 Å². The molecule has 1 atom stereocenters. The van der Waals surface area contributed by atoms with Gasteiger partial charge in [0.25, 0.3) is 5.91 Å². The fourth-order valence-electron chi connectivity index (χ4n) is 2.73. The van der Waals surface area contributed by atoms with Gasteiger partial charge < -0.3 is 9.64 Å². The smallest absolute Gasteiger partial charge is 0.329 e. The molecule has 1 aromatic heterocycles. The SMILES string of the molecule is CCOC(=O)C1Cc2ccccc2CN1C(=O)c1cccs1. The number of ether oxygens (including phenoxy) is 1. The third-order valence-corrected chi connectivity index (χ3v) is 4.66. The van der Waals surface area contributed by atoms with E-state index in [1.807, 2.05) is 35.7 Å². The van der Waals surface area contributed by atoms with E-state index in [4.69, 9.17) is 4.74 Å². The van der Waals surface area contributed by atoms with E-state index in [-0.39, 0.29) is 11.9 Å². The fourth-order valence-corrected chi connectivity index (χ4v) is 3.41. The molecule has 0 N–H and O–H groups in total. The average molecular weight is 315 g/mol. The van der Waals surface area contributed by atoms with Gasteiger partial charge >= 0.3 is 5.97 Å². The first-order valence-corrected chi connectivity index (χ1v) is 8.16. The number of hydrogen-bond acceptors (Lipinski definition) is 4. The second-order valence-electron chi connectivity index (χ2n) is 5.15. The van der Waals surface area contributed by atoms with Gasteiger partial charge in [0.05, 0.1) is 11.5 Å². The minimum absolute atomic E-state index is 0.109. The molecule has 22 heavy (non-hydrogen) atoms. The molecule has 1 aliphatic rings. The van der Waals surface area contributed by atoms with Crippen molar-refractivity contribution in [1.82, 2.24) is 4.90 Å². The molecule has 1 aromatic carbocycles. The zero-order valence-corrected chi connectivity index (χ0v) is 13.1. The molecule has 0 fully saturated rings. The molecule has 1 aliphatic heterocycles. The van der Waals surface area contributed by atoms with Gasteiger partial charge in [-0.05, 0) is 29.5 Å². The number of carbonyl (C=O) groups is 2. The third-order valence-electron chi connectivity index (χ3n) is 3.80. The van der Waals surface area contributed by atoms with Gasteiger partial charge in [-0.3, -0.25) is 4.79 Å². The first kappa shape index (κ1) is 14.8. The topological polar surface area (TPSA) is 46.6 Å². The summed E-state index contributed by atoms with van der Waals surface area (Å²) in [6.45, 7) is 2.54. The maximum Gasteiger partial charge on any atom is 0.329 e. The highest BCUT2D eigenvalue weighted by Crippen LogP contribution is 2.26. The van der Waals surface area contributed by atoms with Crippen molar-refractivity contribution < 1.29 is 14.3 Å². The van der Waals surface area contributed by atoms with Crippen molar-refractivity contribution in [2.75, 3.05) is 6.61 Å². The highest BCUT2D eigenvalue weighted by molar-refractivity contribution is 7.12. The van der Waals surface area contributed by atoms with Crippen molar-refractivity contribution >= 4 is 23.2 Å². The minimum Gasteiger partial charge on any atom is -0.464 e. The van der Waals surface area contributed by atoms with E-state index >= 15 is 0 Å². The van der Waals surface area contributed by atoms with Gasteiger partial charge in [0.15, 0.2) is 0 Å². The molecular formula is C17H17NO3S. The molecule has 5 heteroatoms. The number of benzene rings is 1. The molecule has 1 amide bonds. The van der Waals surface area contributed by atoms with Crippen molar-refractivity contribution in [2.45, 2.75) is 25.9 Å². The average Bonchev–Trinajstić information content (AvgIpc) is 3.07. The van der Waals surface area contributed by atoms with Crippen LogP contribution in [0.15, 0.2) is 41.8 Å². The van der Waals surface area contributed by atoms with Crippen LogP contribution >= 0.6 is 11.3 Å². The summed E-state index contributed by atoms with van der Waals surface area (Å²) in [5, 5.41) is 1.87. The number of thiophene rings is 1. The van der Waals surface area contributed by atoms with Crippen molar-refractivity contribution in [3.63, 3.8) is 0 Å². The summed E-state index contributed by atoms with van der Waals surface area (Å²) in [5.74, 6) is -0.440. The zero-order valence-electron chi connectivity index (χ0n) is 12.3. The maximum atomic E-state index is 12.7. The third kappa shape index (κ3) is 2.76. The van der Waals surface area contributed by atoms with Crippen LogP contribution in [0.25, 0.3) is 0 Å². The highest BCUT2D eigenvalue weighted by Gasteiger charge is 2.36. The Morgan fingerprint density at radius 2 is 2.00 bits per heavy atom. The van der Waals surface area contributed by atoms with Crippen LogP contribution in [0.4, 0.5) is 0 Å².